The number of nitrogens with one attached hydrogen (secondary N) is 1. The van der Waals surface area contributed by atoms with Crippen molar-refractivity contribution < 1.29 is 14.3 Å². The number of ketones is 1. The molecule has 0 radical (unpaired) electrons. The zero-order valence-electron chi connectivity index (χ0n) is 18.1. The molecule has 1 aromatic heterocycles. The molecule has 1 heterocycles. The van der Waals surface area contributed by atoms with Crippen LogP contribution in [-0.4, -0.2) is 27.7 Å². The predicted molar refractivity (Wildman–Crippen MR) is 130 cm³/mol. The summed E-state index contributed by atoms with van der Waals surface area (Å²) in [6.45, 7) is 5.71. The van der Waals surface area contributed by atoms with Crippen LogP contribution in [0.3, 0.4) is 0 Å². The molecule has 7 heteroatoms. The number of carbonyl (C=O) groups excluding carboxylic acids is 1. The number of hydrogen-bond acceptors (Lipinski definition) is 4. The normalized spacial score (nSPS) is 13.6. The van der Waals surface area contributed by atoms with Crippen LogP contribution in [0.1, 0.15) is 42.4 Å². The number of rotatable bonds is 8. The standard InChI is InChI=1S/C25H25BrClFN2O2/c1-24(2,29-14-22(31)16-7-5-4-6-8-16)18-12-21(17-9-10-20(28)19(27)11-17)30-23(13-18)25(3,32)15-26/h4-13,29,32H,14-15H2,1-3H3. The Balaban J connectivity index is 1.98. The van der Waals surface area contributed by atoms with Gasteiger partial charge in [0.15, 0.2) is 5.78 Å². The maximum absolute atomic E-state index is 13.7. The second-order valence-corrected chi connectivity index (χ2v) is 9.40. The average Bonchev–Trinajstić information content (AvgIpc) is 2.79. The van der Waals surface area contributed by atoms with Crippen molar-refractivity contribution in [1.29, 1.82) is 0 Å². The molecule has 0 aliphatic heterocycles. The molecule has 2 N–H and O–H groups in total. The van der Waals surface area contributed by atoms with Crippen LogP contribution in [0.5, 0.6) is 0 Å². The fourth-order valence-electron chi connectivity index (χ4n) is 3.17. The molecule has 3 rings (SSSR count). The van der Waals surface area contributed by atoms with Crippen molar-refractivity contribution in [1.82, 2.24) is 10.3 Å². The van der Waals surface area contributed by atoms with Crippen molar-refractivity contribution in [2.24, 2.45) is 0 Å². The molecule has 0 fully saturated rings. The maximum Gasteiger partial charge on any atom is 0.176 e. The second-order valence-electron chi connectivity index (χ2n) is 8.43. The van der Waals surface area contributed by atoms with Crippen LogP contribution in [0.4, 0.5) is 4.39 Å². The lowest BCUT2D eigenvalue weighted by molar-refractivity contribution is 0.0803. The Kier molecular flexibility index (Phi) is 7.50. The number of nitrogens with zero attached hydrogens (tertiary/aromatic N) is 1. The lowest BCUT2D eigenvalue weighted by Gasteiger charge is -2.30. The van der Waals surface area contributed by atoms with Gasteiger partial charge in [-0.3, -0.25) is 4.79 Å². The molecule has 0 saturated carbocycles. The Bertz CT molecular complexity index is 1120. The number of halogens is 3. The molecule has 1 unspecified atom stereocenters. The lowest BCUT2D eigenvalue weighted by Crippen LogP contribution is -2.40. The summed E-state index contributed by atoms with van der Waals surface area (Å²) in [5.74, 6) is -0.536. The minimum absolute atomic E-state index is 0.00523. The SMILES string of the molecule is CC(O)(CBr)c1cc(C(C)(C)NCC(=O)c2ccccc2)cc(-c2ccc(F)c(Cl)c2)n1. The van der Waals surface area contributed by atoms with E-state index in [1.54, 1.807) is 25.1 Å². The van der Waals surface area contributed by atoms with Crippen molar-refractivity contribution in [3.63, 3.8) is 0 Å². The van der Waals surface area contributed by atoms with Gasteiger partial charge >= 0.3 is 0 Å². The van der Waals surface area contributed by atoms with Crippen molar-refractivity contribution in [2.45, 2.75) is 31.9 Å². The van der Waals surface area contributed by atoms with E-state index in [0.717, 1.165) is 5.56 Å². The first-order valence-electron chi connectivity index (χ1n) is 10.1. The molecular formula is C25H25BrClFN2O2. The molecule has 2 aromatic carbocycles. The van der Waals surface area contributed by atoms with E-state index in [9.17, 15) is 14.3 Å². The first kappa shape index (κ1) is 24.5. The summed E-state index contributed by atoms with van der Waals surface area (Å²) in [5, 5.41) is 14.4. The van der Waals surface area contributed by atoms with E-state index in [4.69, 9.17) is 11.6 Å². The largest absolute Gasteiger partial charge is 0.383 e. The summed E-state index contributed by atoms with van der Waals surface area (Å²) < 4.78 is 13.7. The Morgan fingerprint density at radius 1 is 1.12 bits per heavy atom. The van der Waals surface area contributed by atoms with Gasteiger partial charge in [-0.2, -0.15) is 0 Å². The Morgan fingerprint density at radius 2 is 1.81 bits per heavy atom. The van der Waals surface area contributed by atoms with E-state index in [1.807, 2.05) is 44.2 Å². The smallest absolute Gasteiger partial charge is 0.176 e. The predicted octanol–water partition coefficient (Wildman–Crippen LogP) is 5.85. The highest BCUT2D eigenvalue weighted by atomic mass is 79.9. The molecule has 0 amide bonds. The summed E-state index contributed by atoms with van der Waals surface area (Å²) in [5.41, 5.74) is 1.22. The van der Waals surface area contributed by atoms with Crippen molar-refractivity contribution >= 4 is 33.3 Å². The average molecular weight is 520 g/mol. The number of aromatic nitrogens is 1. The molecule has 0 spiro atoms. The molecule has 0 aliphatic carbocycles. The highest BCUT2D eigenvalue weighted by molar-refractivity contribution is 9.09. The van der Waals surface area contributed by atoms with Crippen LogP contribution in [0.15, 0.2) is 60.7 Å². The van der Waals surface area contributed by atoms with Gasteiger partial charge in [0.2, 0.25) is 0 Å². The van der Waals surface area contributed by atoms with Crippen LogP contribution in [0, 0.1) is 5.82 Å². The molecule has 1 atom stereocenters. The van der Waals surface area contributed by atoms with Gasteiger partial charge in [-0.25, -0.2) is 9.37 Å². The highest BCUT2D eigenvalue weighted by Crippen LogP contribution is 2.32. The fraction of sp³-hybridized carbons (Fsp3) is 0.280. The van der Waals surface area contributed by atoms with Gasteiger partial charge in [0, 0.05) is 22.0 Å². The summed E-state index contributed by atoms with van der Waals surface area (Å²) >= 11 is 9.32. The van der Waals surface area contributed by atoms with Gasteiger partial charge in [0.1, 0.15) is 11.4 Å². The number of alkyl halides is 1. The van der Waals surface area contributed by atoms with Gasteiger partial charge in [0.25, 0.3) is 0 Å². The van der Waals surface area contributed by atoms with Gasteiger partial charge in [0.05, 0.1) is 23.0 Å². The highest BCUT2D eigenvalue weighted by Gasteiger charge is 2.29. The zero-order chi connectivity index (χ0) is 23.5. The molecule has 0 saturated heterocycles. The summed E-state index contributed by atoms with van der Waals surface area (Å²) in [7, 11) is 0. The third-order valence-electron chi connectivity index (χ3n) is 5.36. The Morgan fingerprint density at radius 3 is 2.44 bits per heavy atom. The molecule has 0 bridgehead atoms. The molecule has 168 valence electrons. The van der Waals surface area contributed by atoms with Gasteiger partial charge < -0.3 is 10.4 Å². The lowest BCUT2D eigenvalue weighted by atomic mass is 9.90. The molecule has 0 aliphatic rings. The second kappa shape index (κ2) is 9.79. The van der Waals surface area contributed by atoms with Gasteiger partial charge in [-0.15, -0.1) is 0 Å². The van der Waals surface area contributed by atoms with Crippen molar-refractivity contribution in [3.8, 4) is 11.3 Å². The molecule has 4 nitrogen and oxygen atoms in total. The Labute approximate surface area is 201 Å². The van der Waals surface area contributed by atoms with E-state index in [0.29, 0.717) is 22.5 Å². The van der Waals surface area contributed by atoms with E-state index >= 15 is 0 Å². The van der Waals surface area contributed by atoms with Crippen molar-refractivity contribution in [2.75, 3.05) is 11.9 Å². The zero-order valence-corrected chi connectivity index (χ0v) is 20.5. The molecule has 32 heavy (non-hydrogen) atoms. The van der Waals surface area contributed by atoms with Crippen LogP contribution >= 0.6 is 27.5 Å². The van der Waals surface area contributed by atoms with E-state index in [2.05, 4.69) is 26.2 Å². The van der Waals surface area contributed by atoms with E-state index in [-0.39, 0.29) is 22.7 Å². The number of carbonyl (C=O) groups is 1. The first-order valence-corrected chi connectivity index (χ1v) is 11.6. The van der Waals surface area contributed by atoms with Crippen LogP contribution in [-0.2, 0) is 11.1 Å². The first-order chi connectivity index (χ1) is 15.0. The number of hydrogen-bond donors (Lipinski definition) is 2. The van der Waals surface area contributed by atoms with Gasteiger partial charge in [-0.1, -0.05) is 57.9 Å². The minimum Gasteiger partial charge on any atom is -0.383 e. The third-order valence-corrected chi connectivity index (χ3v) is 6.74. The Hall–Kier alpha value is -2.12. The number of aliphatic hydroxyl groups is 1. The number of pyridine rings is 1. The summed E-state index contributed by atoms with van der Waals surface area (Å²) in [6.07, 6.45) is 0. The maximum atomic E-state index is 13.7. The topological polar surface area (TPSA) is 62.2 Å². The van der Waals surface area contributed by atoms with Gasteiger partial charge in [-0.05, 0) is 56.7 Å². The van der Waals surface area contributed by atoms with Crippen LogP contribution in [0.2, 0.25) is 5.02 Å². The van der Waals surface area contributed by atoms with E-state index in [1.165, 1.54) is 12.1 Å². The van der Waals surface area contributed by atoms with E-state index < -0.39 is 17.0 Å². The minimum atomic E-state index is -1.23. The number of benzene rings is 2. The molecule has 3 aromatic rings. The van der Waals surface area contributed by atoms with Crippen molar-refractivity contribution in [3.05, 3.63) is 88.3 Å². The number of Topliss-reactive ketones (excluding diaryl/α,β-unsaturated/α-hetero) is 1. The van der Waals surface area contributed by atoms with Crippen LogP contribution in [0.25, 0.3) is 11.3 Å². The molecular weight excluding hydrogens is 495 g/mol. The summed E-state index contributed by atoms with van der Waals surface area (Å²) in [6, 6.07) is 17.2. The van der Waals surface area contributed by atoms with Crippen LogP contribution < -0.4 is 5.32 Å². The quantitative estimate of drug-likeness (QED) is 0.289. The summed E-state index contributed by atoms with van der Waals surface area (Å²) in [4.78, 5) is 17.2. The fourth-order valence-corrected chi connectivity index (χ4v) is 3.64. The third kappa shape index (κ3) is 5.62. The monoisotopic (exact) mass is 518 g/mol.